The van der Waals surface area contributed by atoms with Gasteiger partial charge >= 0.3 is 0 Å². The largest absolute Gasteiger partial charge is 0.348 e. The topological polar surface area (TPSA) is 54.7 Å². The van der Waals surface area contributed by atoms with E-state index in [0.717, 1.165) is 13.0 Å². The number of rotatable bonds is 3. The molecule has 1 aromatic rings. The number of nitrogens with zero attached hydrogens (tertiary/aromatic N) is 1. The van der Waals surface area contributed by atoms with Gasteiger partial charge in [-0.2, -0.15) is 0 Å². The first kappa shape index (κ1) is 6.85. The maximum Gasteiger partial charge on any atom is 0.0921 e. The third-order valence-corrected chi connectivity index (χ3v) is 2.55. The Morgan fingerprint density at radius 1 is 1.64 bits per heavy atom. The Kier molecular flexibility index (Phi) is 1.46. The van der Waals surface area contributed by atoms with Crippen LogP contribution in [-0.2, 0) is 5.41 Å². The van der Waals surface area contributed by atoms with Gasteiger partial charge in [0.1, 0.15) is 0 Å². The summed E-state index contributed by atoms with van der Waals surface area (Å²) in [5.41, 5.74) is 7.17. The highest BCUT2D eigenvalue weighted by Crippen LogP contribution is 2.49. The van der Waals surface area contributed by atoms with Gasteiger partial charge in [-0.05, 0) is 25.8 Å². The van der Waals surface area contributed by atoms with Crippen LogP contribution in [-0.4, -0.2) is 16.5 Å². The summed E-state index contributed by atoms with van der Waals surface area (Å²) in [6.45, 7) is 0.777. The minimum absolute atomic E-state index is 0.380. The van der Waals surface area contributed by atoms with Gasteiger partial charge in [-0.25, -0.2) is 4.98 Å². The second-order valence-corrected chi connectivity index (χ2v) is 3.28. The fourth-order valence-electron chi connectivity index (χ4n) is 1.63. The number of hydrogen-bond acceptors (Lipinski definition) is 2. The number of hydrogen-bond donors (Lipinski definition) is 2. The van der Waals surface area contributed by atoms with E-state index in [4.69, 9.17) is 5.73 Å². The van der Waals surface area contributed by atoms with E-state index in [-0.39, 0.29) is 0 Å². The summed E-state index contributed by atoms with van der Waals surface area (Å²) in [4.78, 5) is 7.17. The molecule has 0 radical (unpaired) electrons. The lowest BCUT2D eigenvalue weighted by molar-refractivity contribution is 0.613. The summed E-state index contributed by atoms with van der Waals surface area (Å²) in [5, 5.41) is 0. The van der Waals surface area contributed by atoms with E-state index in [2.05, 4.69) is 9.97 Å². The smallest absolute Gasteiger partial charge is 0.0921 e. The van der Waals surface area contributed by atoms with E-state index in [0.29, 0.717) is 5.41 Å². The van der Waals surface area contributed by atoms with Crippen LogP contribution in [0.4, 0.5) is 0 Å². The predicted molar refractivity (Wildman–Crippen MR) is 43.2 cm³/mol. The lowest BCUT2D eigenvalue weighted by atomic mass is 9.99. The van der Waals surface area contributed by atoms with Crippen molar-refractivity contribution in [3.8, 4) is 0 Å². The summed E-state index contributed by atoms with van der Waals surface area (Å²) in [6, 6.07) is 0. The van der Waals surface area contributed by atoms with Crippen LogP contribution >= 0.6 is 0 Å². The number of aromatic nitrogens is 2. The van der Waals surface area contributed by atoms with Crippen molar-refractivity contribution in [3.05, 3.63) is 18.2 Å². The summed E-state index contributed by atoms with van der Waals surface area (Å²) in [6.07, 6.45) is 7.29. The van der Waals surface area contributed by atoms with Gasteiger partial charge in [-0.1, -0.05) is 0 Å². The van der Waals surface area contributed by atoms with Crippen LogP contribution in [0.2, 0.25) is 0 Å². The molecule has 3 heteroatoms. The van der Waals surface area contributed by atoms with Crippen molar-refractivity contribution in [1.29, 1.82) is 0 Å². The van der Waals surface area contributed by atoms with Crippen molar-refractivity contribution in [3.63, 3.8) is 0 Å². The molecule has 0 amide bonds. The van der Waals surface area contributed by atoms with Crippen molar-refractivity contribution in [2.24, 2.45) is 5.73 Å². The Labute approximate surface area is 66.0 Å². The minimum Gasteiger partial charge on any atom is -0.348 e. The Balaban J connectivity index is 2.15. The van der Waals surface area contributed by atoms with Crippen molar-refractivity contribution in [2.45, 2.75) is 24.7 Å². The van der Waals surface area contributed by atoms with Crippen molar-refractivity contribution < 1.29 is 0 Å². The third kappa shape index (κ3) is 1.05. The average molecular weight is 151 g/mol. The monoisotopic (exact) mass is 151 g/mol. The molecule has 0 aliphatic heterocycles. The van der Waals surface area contributed by atoms with E-state index in [9.17, 15) is 0 Å². The van der Waals surface area contributed by atoms with Crippen LogP contribution in [0, 0.1) is 0 Å². The van der Waals surface area contributed by atoms with Crippen LogP contribution in [0.15, 0.2) is 12.5 Å². The van der Waals surface area contributed by atoms with Gasteiger partial charge < -0.3 is 10.7 Å². The number of nitrogens with two attached hydrogens (primary N) is 1. The van der Waals surface area contributed by atoms with Crippen molar-refractivity contribution in [2.75, 3.05) is 6.54 Å². The Morgan fingerprint density at radius 2 is 2.45 bits per heavy atom. The molecule has 3 nitrogen and oxygen atoms in total. The Hall–Kier alpha value is -0.830. The zero-order valence-electron chi connectivity index (χ0n) is 6.51. The molecule has 0 aromatic carbocycles. The molecule has 1 aliphatic carbocycles. The lowest BCUT2D eigenvalue weighted by Crippen LogP contribution is -2.13. The molecular formula is C8H13N3. The molecular weight excluding hydrogens is 138 g/mol. The SMILES string of the molecule is NCCC1(c2cnc[nH]2)CC1. The first-order valence-corrected chi connectivity index (χ1v) is 4.06. The Morgan fingerprint density at radius 3 is 2.91 bits per heavy atom. The zero-order chi connectivity index (χ0) is 7.73. The maximum atomic E-state index is 5.53. The van der Waals surface area contributed by atoms with Crippen molar-refractivity contribution >= 4 is 0 Å². The molecule has 60 valence electrons. The molecule has 1 heterocycles. The maximum absolute atomic E-state index is 5.53. The first-order chi connectivity index (χ1) is 5.37. The standard InChI is InChI=1S/C8H13N3/c9-4-3-8(1-2-8)7-5-10-6-11-7/h5-6H,1-4,9H2,(H,10,11). The number of imidazole rings is 1. The van der Waals surface area contributed by atoms with E-state index in [1.54, 1.807) is 6.33 Å². The van der Waals surface area contributed by atoms with Gasteiger partial charge in [-0.3, -0.25) is 0 Å². The molecule has 0 spiro atoms. The van der Waals surface area contributed by atoms with E-state index in [1.807, 2.05) is 6.20 Å². The highest BCUT2D eigenvalue weighted by atomic mass is 14.9. The molecule has 0 saturated heterocycles. The number of nitrogens with one attached hydrogen (secondary N) is 1. The van der Waals surface area contributed by atoms with Crippen LogP contribution in [0.5, 0.6) is 0 Å². The quantitative estimate of drug-likeness (QED) is 0.671. The van der Waals surface area contributed by atoms with Gasteiger partial charge in [0.15, 0.2) is 0 Å². The van der Waals surface area contributed by atoms with Gasteiger partial charge in [0.05, 0.1) is 6.33 Å². The molecule has 0 bridgehead atoms. The molecule has 1 fully saturated rings. The number of aromatic amines is 1. The molecule has 1 aliphatic rings. The zero-order valence-corrected chi connectivity index (χ0v) is 6.51. The van der Waals surface area contributed by atoms with Crippen LogP contribution in [0.25, 0.3) is 0 Å². The van der Waals surface area contributed by atoms with Crippen molar-refractivity contribution in [1.82, 2.24) is 9.97 Å². The third-order valence-electron chi connectivity index (χ3n) is 2.55. The van der Waals surface area contributed by atoms with Gasteiger partial charge in [0.25, 0.3) is 0 Å². The Bertz CT molecular complexity index is 223. The van der Waals surface area contributed by atoms with Crippen LogP contribution in [0.1, 0.15) is 25.0 Å². The molecule has 0 unspecified atom stereocenters. The van der Waals surface area contributed by atoms with Gasteiger partial charge in [0.2, 0.25) is 0 Å². The molecule has 1 saturated carbocycles. The summed E-state index contributed by atoms with van der Waals surface area (Å²) >= 11 is 0. The minimum atomic E-state index is 0.380. The highest BCUT2D eigenvalue weighted by Gasteiger charge is 2.44. The van der Waals surface area contributed by atoms with Gasteiger partial charge in [0, 0.05) is 17.3 Å². The van der Waals surface area contributed by atoms with E-state index in [1.165, 1.54) is 18.5 Å². The second-order valence-electron chi connectivity index (χ2n) is 3.28. The molecule has 0 atom stereocenters. The fraction of sp³-hybridized carbons (Fsp3) is 0.625. The average Bonchev–Trinajstić information content (AvgIpc) is 2.63. The van der Waals surface area contributed by atoms with E-state index < -0.39 is 0 Å². The van der Waals surface area contributed by atoms with E-state index >= 15 is 0 Å². The first-order valence-electron chi connectivity index (χ1n) is 4.06. The molecule has 3 N–H and O–H groups in total. The second kappa shape index (κ2) is 2.34. The molecule has 11 heavy (non-hydrogen) atoms. The molecule has 1 aromatic heterocycles. The lowest BCUT2D eigenvalue weighted by Gasteiger charge is -2.09. The summed E-state index contributed by atoms with van der Waals surface area (Å²) in [7, 11) is 0. The number of H-pyrrole nitrogens is 1. The van der Waals surface area contributed by atoms with Crippen LogP contribution < -0.4 is 5.73 Å². The fourth-order valence-corrected chi connectivity index (χ4v) is 1.63. The molecule has 2 rings (SSSR count). The summed E-state index contributed by atoms with van der Waals surface area (Å²) in [5.74, 6) is 0. The van der Waals surface area contributed by atoms with Crippen LogP contribution in [0.3, 0.4) is 0 Å². The summed E-state index contributed by atoms with van der Waals surface area (Å²) < 4.78 is 0. The normalized spacial score (nSPS) is 20.1. The van der Waals surface area contributed by atoms with Gasteiger partial charge in [-0.15, -0.1) is 0 Å². The highest BCUT2D eigenvalue weighted by molar-refractivity contribution is 5.21. The predicted octanol–water partition coefficient (Wildman–Crippen LogP) is 0.790.